The summed E-state index contributed by atoms with van der Waals surface area (Å²) in [5, 5.41) is 2.55. The second-order valence-electron chi connectivity index (χ2n) is 8.61. The average Bonchev–Trinajstić information content (AvgIpc) is 3.23. The lowest BCUT2D eigenvalue weighted by Crippen LogP contribution is -2.50. The minimum Gasteiger partial charge on any atom is -0.477 e. The molecule has 180 valence electrons. The smallest absolute Gasteiger partial charge is 0.264 e. The van der Waals surface area contributed by atoms with Gasteiger partial charge in [0.05, 0.1) is 22.8 Å². The molecule has 0 bridgehead atoms. The first-order chi connectivity index (χ1) is 16.8. The Kier molecular flexibility index (Phi) is 5.72. The van der Waals surface area contributed by atoms with Crippen LogP contribution in [0.5, 0.6) is 5.75 Å². The van der Waals surface area contributed by atoms with E-state index in [9.17, 15) is 18.0 Å². The van der Waals surface area contributed by atoms with Crippen molar-refractivity contribution in [1.82, 2.24) is 5.32 Å². The summed E-state index contributed by atoms with van der Waals surface area (Å²) >= 11 is 0. The van der Waals surface area contributed by atoms with Crippen LogP contribution in [-0.4, -0.2) is 46.0 Å². The summed E-state index contributed by atoms with van der Waals surface area (Å²) in [4.78, 5) is 27.4. The molecule has 0 radical (unpaired) electrons. The highest BCUT2D eigenvalue weighted by Crippen LogP contribution is 2.37. The van der Waals surface area contributed by atoms with Crippen molar-refractivity contribution in [1.29, 1.82) is 0 Å². The zero-order chi connectivity index (χ0) is 24.7. The molecule has 5 rings (SSSR count). The van der Waals surface area contributed by atoms with Crippen molar-refractivity contribution in [3.63, 3.8) is 0 Å². The highest BCUT2D eigenvalue weighted by atomic mass is 32.2. The van der Waals surface area contributed by atoms with E-state index in [2.05, 4.69) is 5.32 Å². The van der Waals surface area contributed by atoms with Gasteiger partial charge >= 0.3 is 0 Å². The molecule has 2 amide bonds. The van der Waals surface area contributed by atoms with Gasteiger partial charge in [0, 0.05) is 18.7 Å². The summed E-state index contributed by atoms with van der Waals surface area (Å²) in [5.41, 5.74) is 2.36. The standard InChI is InChI=1S/C26H25N3O5S/c1-17-14-18-8-3-4-11-21(18)29(17)35(32,33)20-10-7-9-19(15-20)26(31)28-16-24(25(30)27-2)34-23-13-6-5-12-22(23)28/h3-13,15,17,24H,14,16H2,1-2H3,(H,27,30)/t17-,24+/m0/s1. The van der Waals surface area contributed by atoms with Gasteiger partial charge in [0.2, 0.25) is 0 Å². The van der Waals surface area contributed by atoms with Crippen LogP contribution in [0.1, 0.15) is 22.8 Å². The first kappa shape index (κ1) is 22.9. The number of ether oxygens (including phenoxy) is 1. The average molecular weight is 492 g/mol. The predicted molar refractivity (Wildman–Crippen MR) is 132 cm³/mol. The summed E-state index contributed by atoms with van der Waals surface area (Å²) < 4.78 is 34.5. The Morgan fingerprint density at radius 1 is 0.971 bits per heavy atom. The molecule has 3 aromatic carbocycles. The number of amides is 2. The third kappa shape index (κ3) is 3.91. The summed E-state index contributed by atoms with van der Waals surface area (Å²) in [5.74, 6) is -0.358. The molecular formula is C26H25N3O5S. The van der Waals surface area contributed by atoms with E-state index in [4.69, 9.17) is 4.74 Å². The van der Waals surface area contributed by atoms with Gasteiger partial charge in [-0.1, -0.05) is 36.4 Å². The van der Waals surface area contributed by atoms with Gasteiger partial charge in [0.15, 0.2) is 6.10 Å². The lowest BCUT2D eigenvalue weighted by molar-refractivity contribution is -0.127. The highest BCUT2D eigenvalue weighted by molar-refractivity contribution is 7.92. The van der Waals surface area contributed by atoms with Crippen molar-refractivity contribution in [2.45, 2.75) is 30.4 Å². The van der Waals surface area contributed by atoms with Crippen LogP contribution < -0.4 is 19.3 Å². The van der Waals surface area contributed by atoms with Crippen LogP contribution in [0.4, 0.5) is 11.4 Å². The molecule has 2 aliphatic heterocycles. The number of hydrogen-bond acceptors (Lipinski definition) is 5. The maximum atomic E-state index is 13.7. The van der Waals surface area contributed by atoms with E-state index in [0.717, 1.165) is 5.56 Å². The van der Waals surface area contributed by atoms with E-state index in [1.165, 1.54) is 28.4 Å². The largest absolute Gasteiger partial charge is 0.477 e. The molecule has 0 aromatic heterocycles. The lowest BCUT2D eigenvalue weighted by Gasteiger charge is -2.34. The lowest BCUT2D eigenvalue weighted by atomic mass is 10.1. The number of benzene rings is 3. The van der Waals surface area contributed by atoms with Gasteiger partial charge in [-0.25, -0.2) is 8.42 Å². The number of carbonyl (C=O) groups is 2. The Hall–Kier alpha value is -3.85. The molecule has 0 saturated heterocycles. The number of hydrogen-bond donors (Lipinski definition) is 1. The van der Waals surface area contributed by atoms with Gasteiger partial charge in [-0.3, -0.25) is 13.9 Å². The molecule has 0 spiro atoms. The van der Waals surface area contributed by atoms with Crippen LogP contribution in [0.25, 0.3) is 0 Å². The zero-order valence-electron chi connectivity index (χ0n) is 19.3. The van der Waals surface area contributed by atoms with E-state index in [-0.39, 0.29) is 29.0 Å². The van der Waals surface area contributed by atoms with Crippen LogP contribution in [0.15, 0.2) is 77.7 Å². The van der Waals surface area contributed by atoms with E-state index in [1.54, 1.807) is 42.5 Å². The second kappa shape index (κ2) is 8.74. The summed E-state index contributed by atoms with van der Waals surface area (Å²) in [6.45, 7) is 1.87. The number of carbonyl (C=O) groups excluding carboxylic acids is 2. The van der Waals surface area contributed by atoms with Crippen molar-refractivity contribution in [2.75, 3.05) is 22.8 Å². The number of likely N-dealkylation sites (N-methyl/N-ethyl adjacent to an activating group) is 1. The molecule has 0 fully saturated rings. The Balaban J connectivity index is 1.51. The van der Waals surface area contributed by atoms with Crippen LogP contribution in [0, 0.1) is 0 Å². The minimum atomic E-state index is -3.90. The molecule has 8 nitrogen and oxygen atoms in total. The van der Waals surface area contributed by atoms with Crippen molar-refractivity contribution in [3.8, 4) is 5.75 Å². The molecule has 1 N–H and O–H groups in total. The van der Waals surface area contributed by atoms with Gasteiger partial charge < -0.3 is 15.0 Å². The quantitative estimate of drug-likeness (QED) is 0.605. The Labute approximate surface area is 204 Å². The van der Waals surface area contributed by atoms with Gasteiger partial charge in [0.25, 0.3) is 21.8 Å². The minimum absolute atomic E-state index is 0.00301. The fraction of sp³-hybridized carbons (Fsp3) is 0.231. The first-order valence-electron chi connectivity index (χ1n) is 11.3. The summed E-state index contributed by atoms with van der Waals surface area (Å²) in [7, 11) is -2.40. The van der Waals surface area contributed by atoms with Crippen LogP contribution in [0.2, 0.25) is 0 Å². The van der Waals surface area contributed by atoms with Crippen molar-refractivity contribution >= 4 is 33.2 Å². The SMILES string of the molecule is CNC(=O)[C@H]1CN(C(=O)c2cccc(S(=O)(=O)N3c4ccccc4C[C@@H]3C)c2)c2ccccc2O1. The summed E-state index contributed by atoms with van der Waals surface area (Å²) in [6, 6.07) is 20.2. The van der Waals surface area contributed by atoms with E-state index < -0.39 is 22.0 Å². The fourth-order valence-corrected chi connectivity index (χ4v) is 6.43. The third-order valence-electron chi connectivity index (χ3n) is 6.34. The Morgan fingerprint density at radius 2 is 1.69 bits per heavy atom. The van der Waals surface area contributed by atoms with Gasteiger partial charge in [-0.15, -0.1) is 0 Å². The second-order valence-corrected chi connectivity index (χ2v) is 10.4. The molecule has 0 saturated carbocycles. The molecular weight excluding hydrogens is 466 g/mol. The molecule has 2 aliphatic rings. The summed E-state index contributed by atoms with van der Waals surface area (Å²) in [6.07, 6.45) is -0.257. The predicted octanol–water partition coefficient (Wildman–Crippen LogP) is 2.98. The molecule has 2 atom stereocenters. The molecule has 0 aliphatic carbocycles. The molecule has 9 heteroatoms. The number of sulfonamides is 1. The van der Waals surface area contributed by atoms with E-state index in [0.29, 0.717) is 23.5 Å². The molecule has 0 unspecified atom stereocenters. The topological polar surface area (TPSA) is 96.0 Å². The number of nitrogens with zero attached hydrogens (tertiary/aromatic N) is 2. The first-order valence-corrected chi connectivity index (χ1v) is 12.8. The number of fused-ring (bicyclic) bond motifs is 2. The van der Waals surface area contributed by atoms with Gasteiger partial charge in [0.1, 0.15) is 5.75 Å². The van der Waals surface area contributed by atoms with E-state index >= 15 is 0 Å². The van der Waals surface area contributed by atoms with Crippen LogP contribution in [-0.2, 0) is 21.2 Å². The Morgan fingerprint density at radius 3 is 2.46 bits per heavy atom. The van der Waals surface area contributed by atoms with Crippen molar-refractivity contribution in [3.05, 3.63) is 83.9 Å². The van der Waals surface area contributed by atoms with Crippen LogP contribution >= 0.6 is 0 Å². The highest BCUT2D eigenvalue weighted by Gasteiger charge is 2.37. The molecule has 2 heterocycles. The third-order valence-corrected chi connectivity index (χ3v) is 8.26. The van der Waals surface area contributed by atoms with Crippen molar-refractivity contribution < 1.29 is 22.7 Å². The van der Waals surface area contributed by atoms with E-state index in [1.807, 2.05) is 25.1 Å². The number of rotatable bonds is 4. The molecule has 3 aromatic rings. The maximum Gasteiger partial charge on any atom is 0.264 e. The fourth-order valence-electron chi connectivity index (χ4n) is 4.69. The van der Waals surface area contributed by atoms with Gasteiger partial charge in [-0.05, 0) is 55.3 Å². The van der Waals surface area contributed by atoms with Gasteiger partial charge in [-0.2, -0.15) is 0 Å². The number of anilines is 2. The maximum absolute atomic E-state index is 13.7. The Bertz CT molecular complexity index is 1420. The van der Waals surface area contributed by atoms with Crippen molar-refractivity contribution in [2.24, 2.45) is 0 Å². The zero-order valence-corrected chi connectivity index (χ0v) is 20.2. The monoisotopic (exact) mass is 491 g/mol. The normalized spacial score (nSPS) is 18.9. The number of nitrogens with one attached hydrogen (secondary N) is 1. The van der Waals surface area contributed by atoms with Crippen LogP contribution in [0.3, 0.4) is 0 Å². The number of para-hydroxylation sites is 3. The molecule has 35 heavy (non-hydrogen) atoms.